The van der Waals surface area contributed by atoms with Gasteiger partial charge in [0.25, 0.3) is 0 Å². The number of sulfonamides is 6. The summed E-state index contributed by atoms with van der Waals surface area (Å²) >= 11 is 34.6. The normalized spacial score (nSPS) is 28.4. The predicted octanol–water partition coefficient (Wildman–Crippen LogP) is 19.6. The van der Waals surface area contributed by atoms with Gasteiger partial charge in [0.05, 0.1) is 172 Å². The number of rotatable bonds is 30. The van der Waals surface area contributed by atoms with Crippen molar-refractivity contribution in [3.05, 3.63) is 244 Å². The third kappa shape index (κ3) is 33.8. The molecule has 0 saturated carbocycles. The number of nitrogens with one attached hydrogen (secondary N) is 6. The maximum absolute atomic E-state index is 13.8. The van der Waals surface area contributed by atoms with E-state index in [1.165, 1.54) is 41.5 Å². The Bertz CT molecular complexity index is 8790. The summed E-state index contributed by atoms with van der Waals surface area (Å²) in [6.07, 6.45) is -32.7. The van der Waals surface area contributed by atoms with Crippen molar-refractivity contribution >= 4 is 200 Å². The van der Waals surface area contributed by atoms with Crippen LogP contribution in [0.3, 0.4) is 0 Å². The molecule has 6 aromatic carbocycles. The van der Waals surface area contributed by atoms with E-state index in [0.717, 1.165) is 0 Å². The van der Waals surface area contributed by atoms with E-state index in [0.29, 0.717) is 12.2 Å². The van der Waals surface area contributed by atoms with Crippen LogP contribution in [-0.4, -0.2) is 157 Å². The molecule has 48 heteroatoms. The van der Waals surface area contributed by atoms with Crippen molar-refractivity contribution in [1.82, 2.24) is 0 Å². The fourth-order valence-corrected chi connectivity index (χ4v) is 19.5. The molecule has 0 saturated heterocycles. The van der Waals surface area contributed by atoms with Gasteiger partial charge < -0.3 is 28.4 Å². The minimum Gasteiger partial charge on any atom is -0.463 e. The molecule has 0 amide bonds. The summed E-state index contributed by atoms with van der Waals surface area (Å²) in [5.74, 6) is -17.1. The summed E-state index contributed by atoms with van der Waals surface area (Å²) in [6.45, 7) is 6.84. The van der Waals surface area contributed by atoms with Gasteiger partial charge in [-0.05, 0) is 265 Å². The minimum absolute atomic E-state index is 0.135. The first kappa shape index (κ1) is 64.8. The largest absolute Gasteiger partial charge is 0.463 e. The van der Waals surface area contributed by atoms with E-state index in [2.05, 4.69) is 9.47 Å². The van der Waals surface area contributed by atoms with Crippen molar-refractivity contribution in [3.63, 3.8) is 0 Å². The summed E-state index contributed by atoms with van der Waals surface area (Å²) < 4.78 is 632. The van der Waals surface area contributed by atoms with Gasteiger partial charge >= 0.3 is 35.8 Å². The van der Waals surface area contributed by atoms with Gasteiger partial charge in [-0.3, -0.25) is 28.3 Å². The number of halogens is 12. The van der Waals surface area contributed by atoms with E-state index in [-0.39, 0.29) is 58.9 Å². The van der Waals surface area contributed by atoms with Gasteiger partial charge in [-0.25, -0.2) is 106 Å². The van der Waals surface area contributed by atoms with Crippen LogP contribution in [0, 0.1) is 34.9 Å². The van der Waals surface area contributed by atoms with Gasteiger partial charge in [-0.2, -0.15) is 0 Å². The third-order valence-corrected chi connectivity index (χ3v) is 26.3. The Kier molecular flexibility index (Phi) is 25.3. The highest BCUT2D eigenvalue weighted by Crippen LogP contribution is 2.39. The molecular formula is C90H102Cl6F6N6O24S6. The van der Waals surface area contributed by atoms with Crippen LogP contribution >= 0.6 is 69.6 Å². The Morgan fingerprint density at radius 2 is 0.500 bits per heavy atom. The lowest BCUT2D eigenvalue weighted by Gasteiger charge is -2.24. The Morgan fingerprint density at radius 3 is 0.819 bits per heavy atom. The molecule has 30 nitrogen and oxygen atoms in total. The Labute approximate surface area is 891 Å². The molecule has 0 aliphatic heterocycles. The number of anilines is 6. The second kappa shape index (κ2) is 53.9. The van der Waals surface area contributed by atoms with Crippen LogP contribution in [0.2, 0.25) is 30.1 Å². The van der Waals surface area contributed by atoms with Crippen LogP contribution in [0.4, 0.5) is 60.5 Å². The molecule has 6 aliphatic carbocycles. The molecule has 6 atom stereocenters. The lowest BCUT2D eigenvalue weighted by atomic mass is 9.99. The number of esters is 6. The zero-order valence-electron chi connectivity index (χ0n) is 116. The van der Waals surface area contributed by atoms with E-state index >= 15 is 0 Å². The van der Waals surface area contributed by atoms with E-state index < -0.39 is 489 Å². The first-order valence-electron chi connectivity index (χ1n) is 60.9. The third-order valence-electron chi connectivity index (χ3n) is 15.9. The minimum atomic E-state index is -5.53. The molecule has 0 heterocycles. The van der Waals surface area contributed by atoms with Gasteiger partial charge in [0.2, 0.25) is 60.1 Å². The maximum Gasteiger partial charge on any atom is 0.335 e. The fraction of sp³-hybridized carbons (Fsp3) is 0.400. The highest BCUT2D eigenvalue weighted by Gasteiger charge is 2.42. The monoisotopic (exact) mass is 2210 g/mol. The second-order valence-corrected chi connectivity index (χ2v) is 37.8. The van der Waals surface area contributed by atoms with E-state index in [4.69, 9.17) is 150 Å². The van der Waals surface area contributed by atoms with Gasteiger partial charge in [0.15, 0.2) is 0 Å². The zero-order chi connectivity index (χ0) is 142. The molecule has 0 fully saturated rings. The standard InChI is InChI=1S/6C15H17ClFNO4S/c6*1-2-22-15(19)11-5-3-4-6-14(11)23(20,21)18-13-8-7-10(17)9-12(13)16/h6*5,7-9,14,18H,2-4,6H2,1H3/t6*14-/m111111/s1/i3D2,5D,6D2,7D,8D,9D,14D;5D,6D2,7D,8D,9D,14D;3D2,6D2,7D,8D,9D,14D;3D2,5D,6D2,7D,8D,9D;5D,6D2,7D,8D,9D;3D2,6D2,7D,8D,9D. The molecule has 0 radical (unpaired) electrons. The van der Waals surface area contributed by atoms with Crippen LogP contribution in [0.25, 0.3) is 0 Å². The number of hydrogen-bond acceptors (Lipinski definition) is 24. The van der Waals surface area contributed by atoms with Crippen molar-refractivity contribution in [1.29, 1.82) is 0 Å². The van der Waals surface area contributed by atoms with Crippen molar-refractivity contribution in [2.24, 2.45) is 0 Å². The summed E-state index contributed by atoms with van der Waals surface area (Å²) in [5.41, 5.74) is -11.6. The molecule has 12 rings (SSSR count). The Balaban J connectivity index is 0.000000293. The quantitative estimate of drug-likeness (QED) is 0.0139. The van der Waals surface area contributed by atoms with Crippen LogP contribution in [0.1, 0.15) is 218 Å². The SMILES string of the molecule is [2H]C1=C(C(=O)OCC)[C@H](S(=O)(=O)Nc2c([2H])c([2H])c(F)c([2H])c2Cl)C([2H])([2H])CC1.[2H]C1=C(C(=O)OCC)[C@H](S(=O)(=O)Nc2c([2H])c([2H])c(F)c([2H])c2Cl)C([2H])([2H])CC1([2H])[2H].[2H]C1=C(C(=O)OCC)[C@]([2H])(S(=O)(=O)Nc2c([2H])c([2H])c(F)c([2H])c2Cl)C([2H])([2H])CC1.[2H]C1=C(C(=O)OCC)[C@]([2H])(S(=O)(=O)Nc2c([2H])c([2H])c(F)c([2H])c2Cl)C([2H])([2H])CC1([2H])[2H].[2H]c1c([2H])c(NS(=O)(=O)[C@@]2([2H])C(C(=O)OCC)=CC([2H])([2H])CC2([2H])[2H])c(Cl)c([2H])c1F.[2H]c1c([2H])c(NS(=O)(=O)[C@H]2C(C(=O)OCC)=CC([2H])([2H])CC2([2H])[2H])c(Cl)c([2H])c1F. The van der Waals surface area contributed by atoms with Gasteiger partial charge in [0, 0.05) is 27.4 Å². The molecule has 6 N–H and O–H groups in total. The lowest BCUT2D eigenvalue weighted by molar-refractivity contribution is -0.139. The number of benzene rings is 6. The highest BCUT2D eigenvalue weighted by molar-refractivity contribution is 7.95. The average molecular weight is 2220 g/mol. The Hall–Kier alpha value is -9.60. The topological polar surface area (TPSA) is 435 Å². The van der Waals surface area contributed by atoms with Gasteiger partial charge in [-0.1, -0.05) is 106 Å². The maximum atomic E-state index is 13.8. The zero-order valence-corrected chi connectivity index (χ0v) is 80.5. The second-order valence-electron chi connectivity index (χ2n) is 25.4. The molecule has 6 aliphatic rings. The van der Waals surface area contributed by atoms with Crippen molar-refractivity contribution < 1.29 is 196 Å². The summed E-state index contributed by atoms with van der Waals surface area (Å²) in [5, 5.41) is -22.7. The number of carbonyl (C=O) groups is 6. The first-order chi connectivity index (χ1) is 82.7. The number of carbonyl (C=O) groups excluding carboxylic acids is 6. The molecular weight excluding hydrogens is 2070 g/mol. The number of ether oxygens (including phenoxy) is 6. The van der Waals surface area contributed by atoms with Crippen LogP contribution in [0.5, 0.6) is 0 Å². The molecule has 0 spiro atoms. The average Bonchev–Trinajstić information content (AvgIpc) is 0.694. The highest BCUT2D eigenvalue weighted by atomic mass is 35.5. The summed E-state index contributed by atoms with van der Waals surface area (Å²) in [7, 11) is -31.1. The van der Waals surface area contributed by atoms with Crippen molar-refractivity contribution in [2.75, 3.05) is 68.0 Å². The van der Waals surface area contributed by atoms with Crippen LogP contribution < -0.4 is 28.3 Å². The first-order valence-corrected chi connectivity index (χ1v) is 49.7. The molecule has 756 valence electrons. The molecule has 0 unspecified atom stereocenters. The molecule has 138 heavy (non-hydrogen) atoms. The molecule has 6 aromatic rings. The van der Waals surface area contributed by atoms with Crippen LogP contribution in [-0.2, 0) is 117 Å². The summed E-state index contributed by atoms with van der Waals surface area (Å²) in [6, 6.07) is -23.0. The summed E-state index contributed by atoms with van der Waals surface area (Å²) in [4.78, 5) is 74.1. The predicted molar refractivity (Wildman–Crippen MR) is 518 cm³/mol. The van der Waals surface area contributed by atoms with Crippen molar-refractivity contribution in [3.8, 4) is 0 Å². The van der Waals surface area contributed by atoms with Gasteiger partial charge in [0.1, 0.15) is 66.3 Å². The lowest BCUT2D eigenvalue weighted by Crippen LogP contribution is -2.34. The smallest absolute Gasteiger partial charge is 0.335 e. The number of hydrogen-bond donors (Lipinski definition) is 6. The Morgan fingerprint density at radius 1 is 0.297 bits per heavy atom. The molecule has 0 aromatic heterocycles. The van der Waals surface area contributed by atoms with Crippen molar-refractivity contribution in [2.45, 2.75) is 188 Å². The number of allylic oxidation sites excluding steroid dienone is 6. The van der Waals surface area contributed by atoms with E-state index in [9.17, 15) is 106 Å². The fourth-order valence-electron chi connectivity index (χ4n) is 10.4. The van der Waals surface area contributed by atoms with Gasteiger partial charge in [-0.15, -0.1) is 0 Å². The van der Waals surface area contributed by atoms with E-state index in [1.54, 1.807) is 23.6 Å². The molecule has 0 bridgehead atoms. The van der Waals surface area contributed by atoms with E-state index in [1.807, 2.05) is 4.72 Å². The van der Waals surface area contributed by atoms with Crippen LogP contribution in [0.15, 0.2) is 179 Å².